The monoisotopic (exact) mass is 352 g/mol. The molecule has 2 N–H and O–H groups in total. The predicted octanol–water partition coefficient (Wildman–Crippen LogP) is 2.28. The number of hydrogen-bond acceptors (Lipinski definition) is 2. The first-order valence-corrected chi connectivity index (χ1v) is 9.09. The molecule has 1 aliphatic rings. The number of aromatic amines is 1. The second kappa shape index (κ2) is 6.92. The highest BCUT2D eigenvalue weighted by molar-refractivity contribution is 6.09. The summed E-state index contributed by atoms with van der Waals surface area (Å²) in [7, 11) is 0. The number of H-pyrrole nitrogens is 1. The lowest BCUT2D eigenvalue weighted by Gasteiger charge is -2.36. The fraction of sp³-hybridized carbons (Fsp3) is 0.286. The van der Waals surface area contributed by atoms with Gasteiger partial charge in [0.05, 0.1) is 26.2 Å². The van der Waals surface area contributed by atoms with Crippen LogP contribution in [0.15, 0.2) is 54.7 Å². The van der Waals surface area contributed by atoms with Gasteiger partial charge in [0, 0.05) is 28.4 Å². The summed E-state index contributed by atoms with van der Waals surface area (Å²) in [5.41, 5.74) is 2.82. The van der Waals surface area contributed by atoms with E-state index in [0.29, 0.717) is 0 Å². The van der Waals surface area contributed by atoms with Crippen molar-refractivity contribution in [2.75, 3.05) is 31.1 Å². The van der Waals surface area contributed by atoms with Gasteiger partial charge < -0.3 is 14.8 Å². The van der Waals surface area contributed by atoms with E-state index in [-0.39, 0.29) is 17.6 Å². The van der Waals surface area contributed by atoms with Crippen LogP contribution in [0.4, 0.5) is 10.1 Å². The molecule has 2 heterocycles. The van der Waals surface area contributed by atoms with Gasteiger partial charge in [0.25, 0.3) is 0 Å². The lowest BCUT2D eigenvalue weighted by molar-refractivity contribution is -0.914. The average Bonchev–Trinajstić information content (AvgIpc) is 3.12. The maximum absolute atomic E-state index is 13.1. The number of nitrogens with zero attached hydrogens (tertiary/aromatic N) is 1. The summed E-state index contributed by atoms with van der Waals surface area (Å²) in [4.78, 5) is 19.8. The Balaban J connectivity index is 1.44. The van der Waals surface area contributed by atoms with E-state index < -0.39 is 0 Å². The van der Waals surface area contributed by atoms with E-state index in [1.54, 1.807) is 0 Å². The number of rotatable bonds is 4. The molecule has 1 aromatic heterocycles. The molecular formula is C21H23FN3O+. The second-order valence-electron chi connectivity index (χ2n) is 6.96. The Morgan fingerprint density at radius 1 is 1.12 bits per heavy atom. The van der Waals surface area contributed by atoms with Crippen LogP contribution in [0.25, 0.3) is 10.9 Å². The zero-order valence-electron chi connectivity index (χ0n) is 14.8. The molecule has 134 valence electrons. The number of halogens is 1. The molecule has 1 aliphatic heterocycles. The molecule has 0 amide bonds. The van der Waals surface area contributed by atoms with Crippen LogP contribution < -0.4 is 9.80 Å². The summed E-state index contributed by atoms with van der Waals surface area (Å²) >= 11 is 0. The molecule has 2 aromatic carbocycles. The van der Waals surface area contributed by atoms with Crippen molar-refractivity contribution in [3.8, 4) is 0 Å². The molecule has 0 bridgehead atoms. The molecule has 0 aliphatic carbocycles. The smallest absolute Gasteiger partial charge is 0.221 e. The number of ketones is 1. The third-order valence-corrected chi connectivity index (χ3v) is 5.46. The van der Waals surface area contributed by atoms with Crippen LogP contribution in [-0.2, 0) is 0 Å². The van der Waals surface area contributed by atoms with Crippen LogP contribution in [0.5, 0.6) is 0 Å². The minimum Gasteiger partial charge on any atom is -0.360 e. The number of fused-ring (bicyclic) bond motifs is 1. The SMILES string of the molecule is C[C@@H](C(=O)c1c[nH]c2ccccc12)[NH+]1CCN(c2ccc(F)cc2)CC1. The quantitative estimate of drug-likeness (QED) is 0.708. The minimum absolute atomic E-state index is 0.0791. The largest absolute Gasteiger partial charge is 0.360 e. The number of anilines is 1. The zero-order chi connectivity index (χ0) is 18.1. The van der Waals surface area contributed by atoms with E-state index in [4.69, 9.17) is 0 Å². The van der Waals surface area contributed by atoms with Crippen LogP contribution in [0, 0.1) is 5.82 Å². The van der Waals surface area contributed by atoms with Gasteiger partial charge in [-0.3, -0.25) is 4.79 Å². The molecule has 1 atom stereocenters. The van der Waals surface area contributed by atoms with Crippen molar-refractivity contribution in [1.29, 1.82) is 0 Å². The number of carbonyl (C=O) groups is 1. The zero-order valence-corrected chi connectivity index (χ0v) is 14.8. The van der Waals surface area contributed by atoms with Gasteiger partial charge in [0.2, 0.25) is 5.78 Å². The topological polar surface area (TPSA) is 40.5 Å². The molecule has 0 unspecified atom stereocenters. The van der Waals surface area contributed by atoms with Crippen LogP contribution in [0.1, 0.15) is 17.3 Å². The molecule has 4 nitrogen and oxygen atoms in total. The Morgan fingerprint density at radius 3 is 2.54 bits per heavy atom. The molecule has 3 aromatic rings. The summed E-state index contributed by atoms with van der Waals surface area (Å²) in [5, 5.41) is 0.994. The van der Waals surface area contributed by atoms with Gasteiger partial charge in [-0.2, -0.15) is 0 Å². The number of aromatic nitrogens is 1. The molecule has 0 saturated carbocycles. The number of Topliss-reactive ketones (excluding diaryl/α,β-unsaturated/α-hetero) is 1. The maximum Gasteiger partial charge on any atom is 0.221 e. The van der Waals surface area contributed by atoms with E-state index in [9.17, 15) is 9.18 Å². The Morgan fingerprint density at radius 2 is 1.81 bits per heavy atom. The lowest BCUT2D eigenvalue weighted by Crippen LogP contribution is -3.18. The number of hydrogen-bond donors (Lipinski definition) is 2. The van der Waals surface area contributed by atoms with Crippen molar-refractivity contribution < 1.29 is 14.1 Å². The summed E-state index contributed by atoms with van der Waals surface area (Å²) in [6.07, 6.45) is 1.83. The number of nitrogens with one attached hydrogen (secondary N) is 2. The van der Waals surface area contributed by atoms with Gasteiger partial charge in [-0.05, 0) is 37.3 Å². The lowest BCUT2D eigenvalue weighted by atomic mass is 10.0. The van der Waals surface area contributed by atoms with Gasteiger partial charge >= 0.3 is 0 Å². The first kappa shape index (κ1) is 16.8. The van der Waals surface area contributed by atoms with Crippen molar-refractivity contribution in [2.24, 2.45) is 0 Å². The van der Waals surface area contributed by atoms with Crippen LogP contribution in [0.2, 0.25) is 0 Å². The van der Waals surface area contributed by atoms with Crippen LogP contribution >= 0.6 is 0 Å². The fourth-order valence-corrected chi connectivity index (χ4v) is 3.83. The Labute approximate surface area is 152 Å². The number of para-hydroxylation sites is 1. The highest BCUT2D eigenvalue weighted by Crippen LogP contribution is 2.19. The number of piperazine rings is 1. The van der Waals surface area contributed by atoms with Crippen molar-refractivity contribution >= 4 is 22.4 Å². The second-order valence-corrected chi connectivity index (χ2v) is 6.96. The summed E-state index contributed by atoms with van der Waals surface area (Å²) < 4.78 is 13.1. The van der Waals surface area contributed by atoms with Gasteiger partial charge in [0.1, 0.15) is 11.9 Å². The van der Waals surface area contributed by atoms with E-state index >= 15 is 0 Å². The Hall–Kier alpha value is -2.66. The summed E-state index contributed by atoms with van der Waals surface area (Å²) in [5.74, 6) is -0.0244. The summed E-state index contributed by atoms with van der Waals surface area (Å²) in [6.45, 7) is 5.55. The number of quaternary nitrogens is 1. The van der Waals surface area contributed by atoms with E-state index in [0.717, 1.165) is 48.3 Å². The van der Waals surface area contributed by atoms with Crippen molar-refractivity contribution in [3.63, 3.8) is 0 Å². The van der Waals surface area contributed by atoms with Crippen LogP contribution in [0.3, 0.4) is 0 Å². The fourth-order valence-electron chi connectivity index (χ4n) is 3.83. The predicted molar refractivity (Wildman–Crippen MR) is 101 cm³/mol. The van der Waals surface area contributed by atoms with Gasteiger partial charge in [-0.1, -0.05) is 18.2 Å². The first-order valence-electron chi connectivity index (χ1n) is 9.09. The molecule has 26 heavy (non-hydrogen) atoms. The van der Waals surface area contributed by atoms with Crippen molar-refractivity contribution in [2.45, 2.75) is 13.0 Å². The third kappa shape index (κ3) is 3.10. The first-order chi connectivity index (χ1) is 12.6. The van der Waals surface area contributed by atoms with Gasteiger partial charge in [-0.15, -0.1) is 0 Å². The highest BCUT2D eigenvalue weighted by atomic mass is 19.1. The number of carbonyl (C=O) groups excluding carboxylic acids is 1. The Kier molecular flexibility index (Phi) is 4.47. The highest BCUT2D eigenvalue weighted by Gasteiger charge is 2.31. The Bertz CT molecular complexity index is 910. The standard InChI is InChI=1S/C21H22FN3O/c1-15(21(26)19-14-23-20-5-3-2-4-18(19)20)24-10-12-25(13-11-24)17-8-6-16(22)7-9-17/h2-9,14-15,23H,10-13H2,1H3/p+1/t15-/m0/s1. The average molecular weight is 352 g/mol. The van der Waals surface area contributed by atoms with E-state index in [1.165, 1.54) is 17.0 Å². The van der Waals surface area contributed by atoms with Crippen molar-refractivity contribution in [1.82, 2.24) is 4.98 Å². The normalized spacial score (nSPS) is 16.8. The van der Waals surface area contributed by atoms with Crippen LogP contribution in [-0.4, -0.2) is 43.0 Å². The van der Waals surface area contributed by atoms with E-state index in [2.05, 4.69) is 9.88 Å². The molecule has 4 rings (SSSR count). The maximum atomic E-state index is 13.1. The van der Waals surface area contributed by atoms with Gasteiger partial charge in [-0.25, -0.2) is 4.39 Å². The molecule has 1 fully saturated rings. The summed E-state index contributed by atoms with van der Waals surface area (Å²) in [6, 6.07) is 14.5. The molecule has 0 spiro atoms. The van der Waals surface area contributed by atoms with E-state index in [1.807, 2.05) is 49.5 Å². The minimum atomic E-state index is -0.212. The van der Waals surface area contributed by atoms with Crippen molar-refractivity contribution in [3.05, 3.63) is 66.1 Å². The van der Waals surface area contributed by atoms with Gasteiger partial charge in [0.15, 0.2) is 0 Å². The molecule has 5 heteroatoms. The third-order valence-electron chi connectivity index (χ3n) is 5.46. The molecule has 0 radical (unpaired) electrons. The molecule has 1 saturated heterocycles. The number of benzene rings is 2. The molecular weight excluding hydrogens is 329 g/mol.